The Kier molecular flexibility index (Phi) is 3.56. The van der Waals surface area contributed by atoms with Crippen molar-refractivity contribution in [2.75, 3.05) is 19.6 Å². The van der Waals surface area contributed by atoms with Crippen LogP contribution in [0, 0.1) is 5.41 Å². The predicted octanol–water partition coefficient (Wildman–Crippen LogP) is 0.801. The first-order valence-corrected chi connectivity index (χ1v) is 6.46. The fourth-order valence-corrected chi connectivity index (χ4v) is 2.50. The number of nitrogens with zero attached hydrogens (tertiary/aromatic N) is 1. The number of hydrogen-bond acceptors (Lipinski definition) is 4. The van der Waals surface area contributed by atoms with Gasteiger partial charge in [0.15, 0.2) is 0 Å². The van der Waals surface area contributed by atoms with Crippen LogP contribution in [0.2, 0.25) is 0 Å². The average Bonchev–Trinajstić information content (AvgIpc) is 2.90. The zero-order valence-electron chi connectivity index (χ0n) is 9.45. The van der Waals surface area contributed by atoms with Crippen LogP contribution in [0.5, 0.6) is 0 Å². The van der Waals surface area contributed by atoms with Crippen LogP contribution in [0.15, 0.2) is 11.6 Å². The molecule has 1 aromatic heterocycles. The van der Waals surface area contributed by atoms with Crippen LogP contribution in [0.3, 0.4) is 0 Å². The minimum absolute atomic E-state index is 0.161. The molecule has 1 aliphatic heterocycles. The van der Waals surface area contributed by atoms with E-state index in [9.17, 15) is 4.79 Å². The summed E-state index contributed by atoms with van der Waals surface area (Å²) in [5.41, 5.74) is -0.219. The third kappa shape index (κ3) is 2.59. The third-order valence-electron chi connectivity index (χ3n) is 3.02. The summed E-state index contributed by atoms with van der Waals surface area (Å²) in [6, 6.07) is 0. The van der Waals surface area contributed by atoms with Crippen molar-refractivity contribution in [2.45, 2.75) is 19.8 Å². The lowest BCUT2D eigenvalue weighted by Gasteiger charge is -2.21. The highest BCUT2D eigenvalue weighted by atomic mass is 32.1. The van der Waals surface area contributed by atoms with E-state index in [0.29, 0.717) is 6.54 Å². The molecule has 4 nitrogen and oxygen atoms in total. The van der Waals surface area contributed by atoms with E-state index in [-0.39, 0.29) is 11.3 Å². The molecule has 1 aliphatic rings. The van der Waals surface area contributed by atoms with E-state index >= 15 is 0 Å². The van der Waals surface area contributed by atoms with Gasteiger partial charge >= 0.3 is 0 Å². The molecule has 0 aromatic carbocycles. The molecule has 1 aromatic rings. The Balaban J connectivity index is 1.75. The Labute approximate surface area is 99.5 Å². The van der Waals surface area contributed by atoms with Gasteiger partial charge in [0.2, 0.25) is 5.91 Å². The van der Waals surface area contributed by atoms with Crippen molar-refractivity contribution in [3.63, 3.8) is 0 Å². The van der Waals surface area contributed by atoms with Crippen LogP contribution in [0.25, 0.3) is 0 Å². The van der Waals surface area contributed by atoms with Crippen LogP contribution in [0.4, 0.5) is 0 Å². The van der Waals surface area contributed by atoms with E-state index in [1.165, 1.54) is 0 Å². The van der Waals surface area contributed by atoms with Gasteiger partial charge in [0.05, 0.1) is 10.4 Å². The molecule has 1 fully saturated rings. The lowest BCUT2D eigenvalue weighted by molar-refractivity contribution is -0.129. The average molecular weight is 239 g/mol. The zero-order valence-corrected chi connectivity index (χ0v) is 10.3. The molecule has 2 N–H and O–H groups in total. The molecule has 2 rings (SSSR count). The second-order valence-corrected chi connectivity index (χ2v) is 5.40. The van der Waals surface area contributed by atoms with Crippen molar-refractivity contribution in [1.82, 2.24) is 15.6 Å². The highest BCUT2D eigenvalue weighted by Gasteiger charge is 2.35. The topological polar surface area (TPSA) is 54.0 Å². The van der Waals surface area contributed by atoms with E-state index in [4.69, 9.17) is 0 Å². The fourth-order valence-electron chi connectivity index (χ4n) is 1.88. The summed E-state index contributed by atoms with van der Waals surface area (Å²) in [7, 11) is 0. The molecule has 1 amide bonds. The Hall–Kier alpha value is -0.940. The first kappa shape index (κ1) is 11.5. The maximum atomic E-state index is 11.9. The number of rotatable bonds is 4. The number of carbonyl (C=O) groups excluding carboxylic acids is 1. The van der Waals surface area contributed by atoms with Gasteiger partial charge < -0.3 is 10.6 Å². The summed E-state index contributed by atoms with van der Waals surface area (Å²) in [6.07, 6.45) is 3.55. The Bertz CT molecular complexity index is 344. The van der Waals surface area contributed by atoms with Gasteiger partial charge in [0.1, 0.15) is 0 Å². The van der Waals surface area contributed by atoms with Crippen LogP contribution in [-0.4, -0.2) is 30.5 Å². The monoisotopic (exact) mass is 239 g/mol. The Morgan fingerprint density at radius 2 is 2.62 bits per heavy atom. The van der Waals surface area contributed by atoms with Gasteiger partial charge in [-0.3, -0.25) is 4.79 Å². The molecule has 2 heterocycles. The molecular formula is C11H17N3OS. The normalized spacial score (nSPS) is 24.6. The largest absolute Gasteiger partial charge is 0.355 e. The summed E-state index contributed by atoms with van der Waals surface area (Å²) in [4.78, 5) is 16.1. The second-order valence-electron chi connectivity index (χ2n) is 4.42. The molecule has 1 unspecified atom stereocenters. The molecular weight excluding hydrogens is 222 g/mol. The maximum absolute atomic E-state index is 11.9. The first-order chi connectivity index (χ1) is 7.71. The molecule has 0 bridgehead atoms. The van der Waals surface area contributed by atoms with Gasteiger partial charge in [-0.1, -0.05) is 0 Å². The van der Waals surface area contributed by atoms with E-state index in [1.54, 1.807) is 17.5 Å². The molecule has 0 saturated carbocycles. The molecule has 16 heavy (non-hydrogen) atoms. The van der Waals surface area contributed by atoms with Crippen molar-refractivity contribution in [1.29, 1.82) is 0 Å². The number of carbonyl (C=O) groups is 1. The second kappa shape index (κ2) is 4.93. The standard InChI is InChI=1S/C11H17N3OS/c1-11(3-5-12-8-11)10(15)14-4-2-9-13-6-7-16-9/h6-7,12H,2-5,8H2,1H3,(H,14,15). The quantitative estimate of drug-likeness (QED) is 0.817. The number of hydrogen-bond donors (Lipinski definition) is 2. The Morgan fingerprint density at radius 1 is 1.75 bits per heavy atom. The summed E-state index contributed by atoms with van der Waals surface area (Å²) in [5.74, 6) is 0.161. The van der Waals surface area contributed by atoms with Gasteiger partial charge in [-0.15, -0.1) is 11.3 Å². The van der Waals surface area contributed by atoms with Crippen LogP contribution >= 0.6 is 11.3 Å². The summed E-state index contributed by atoms with van der Waals surface area (Å²) >= 11 is 1.63. The summed E-state index contributed by atoms with van der Waals surface area (Å²) in [5, 5.41) is 9.25. The molecule has 0 aliphatic carbocycles. The molecule has 1 saturated heterocycles. The van der Waals surface area contributed by atoms with Gasteiger partial charge in [0, 0.05) is 31.1 Å². The maximum Gasteiger partial charge on any atom is 0.227 e. The zero-order chi connectivity index (χ0) is 11.4. The summed E-state index contributed by atoms with van der Waals surface area (Å²) < 4.78 is 0. The molecule has 0 radical (unpaired) electrons. The van der Waals surface area contributed by atoms with Crippen molar-refractivity contribution >= 4 is 17.2 Å². The summed E-state index contributed by atoms with van der Waals surface area (Å²) in [6.45, 7) is 4.43. The number of amides is 1. The molecule has 5 heteroatoms. The molecule has 0 spiro atoms. The number of nitrogens with one attached hydrogen (secondary N) is 2. The van der Waals surface area contributed by atoms with Crippen molar-refractivity contribution in [3.8, 4) is 0 Å². The Morgan fingerprint density at radius 3 is 3.25 bits per heavy atom. The van der Waals surface area contributed by atoms with Crippen molar-refractivity contribution in [3.05, 3.63) is 16.6 Å². The van der Waals surface area contributed by atoms with Crippen LogP contribution < -0.4 is 10.6 Å². The SMILES string of the molecule is CC1(C(=O)NCCc2nccs2)CCNC1. The smallest absolute Gasteiger partial charge is 0.227 e. The fraction of sp³-hybridized carbons (Fsp3) is 0.636. The minimum Gasteiger partial charge on any atom is -0.355 e. The molecule has 1 atom stereocenters. The van der Waals surface area contributed by atoms with Gasteiger partial charge in [0.25, 0.3) is 0 Å². The lowest BCUT2D eigenvalue weighted by atomic mass is 9.89. The number of aromatic nitrogens is 1. The van der Waals surface area contributed by atoms with E-state index in [2.05, 4.69) is 15.6 Å². The van der Waals surface area contributed by atoms with Crippen LogP contribution in [-0.2, 0) is 11.2 Å². The number of thiazole rings is 1. The van der Waals surface area contributed by atoms with E-state index in [0.717, 1.165) is 30.9 Å². The first-order valence-electron chi connectivity index (χ1n) is 5.58. The van der Waals surface area contributed by atoms with Gasteiger partial charge in [-0.25, -0.2) is 4.98 Å². The van der Waals surface area contributed by atoms with Crippen molar-refractivity contribution < 1.29 is 4.79 Å². The highest BCUT2D eigenvalue weighted by molar-refractivity contribution is 7.09. The van der Waals surface area contributed by atoms with Crippen molar-refractivity contribution in [2.24, 2.45) is 5.41 Å². The predicted molar refractivity (Wildman–Crippen MR) is 64.4 cm³/mol. The van der Waals surface area contributed by atoms with Gasteiger partial charge in [-0.2, -0.15) is 0 Å². The minimum atomic E-state index is -0.219. The third-order valence-corrected chi connectivity index (χ3v) is 3.86. The highest BCUT2D eigenvalue weighted by Crippen LogP contribution is 2.24. The lowest BCUT2D eigenvalue weighted by Crippen LogP contribution is -2.41. The molecule has 88 valence electrons. The van der Waals surface area contributed by atoms with Gasteiger partial charge in [-0.05, 0) is 19.9 Å². The van der Waals surface area contributed by atoms with Crippen LogP contribution in [0.1, 0.15) is 18.4 Å². The van der Waals surface area contributed by atoms with E-state index < -0.39 is 0 Å². The van der Waals surface area contributed by atoms with E-state index in [1.807, 2.05) is 12.3 Å².